The van der Waals surface area contributed by atoms with E-state index in [1.165, 1.54) is 12.1 Å². The predicted molar refractivity (Wildman–Crippen MR) is 67.0 cm³/mol. The van der Waals surface area contributed by atoms with Gasteiger partial charge < -0.3 is 14.8 Å². The number of hydrogen-bond donors (Lipinski definition) is 2. The Morgan fingerprint density at radius 1 is 1.06 bits per heavy atom. The minimum atomic E-state index is -1.63. The monoisotopic (exact) mass is 246 g/mol. The number of halogens is 1. The SMILES string of the molecule is OB(O)c1ccc(F)c(OCc2ccccc2)c1. The van der Waals surface area contributed by atoms with E-state index in [0.717, 1.165) is 11.6 Å². The van der Waals surface area contributed by atoms with Crippen molar-refractivity contribution in [2.75, 3.05) is 0 Å². The molecule has 92 valence electrons. The molecule has 0 aliphatic heterocycles. The van der Waals surface area contributed by atoms with E-state index in [1.807, 2.05) is 30.3 Å². The first-order valence-electron chi connectivity index (χ1n) is 5.49. The van der Waals surface area contributed by atoms with Crippen molar-refractivity contribution in [1.82, 2.24) is 0 Å². The second-order valence-corrected chi connectivity index (χ2v) is 3.84. The van der Waals surface area contributed by atoms with Crippen LogP contribution in [0, 0.1) is 5.82 Å². The molecule has 2 N–H and O–H groups in total. The van der Waals surface area contributed by atoms with Gasteiger partial charge in [-0.15, -0.1) is 0 Å². The molecular weight excluding hydrogens is 234 g/mol. The minimum Gasteiger partial charge on any atom is -0.486 e. The lowest BCUT2D eigenvalue weighted by atomic mass is 9.80. The van der Waals surface area contributed by atoms with Crippen molar-refractivity contribution in [1.29, 1.82) is 0 Å². The molecule has 0 spiro atoms. The average molecular weight is 246 g/mol. The molecule has 18 heavy (non-hydrogen) atoms. The van der Waals surface area contributed by atoms with Gasteiger partial charge >= 0.3 is 7.12 Å². The van der Waals surface area contributed by atoms with Gasteiger partial charge in [-0.1, -0.05) is 36.4 Å². The van der Waals surface area contributed by atoms with Crippen molar-refractivity contribution in [3.05, 3.63) is 59.9 Å². The Morgan fingerprint density at radius 2 is 1.78 bits per heavy atom. The van der Waals surface area contributed by atoms with Crippen molar-refractivity contribution in [2.45, 2.75) is 6.61 Å². The van der Waals surface area contributed by atoms with Crippen LogP contribution in [-0.4, -0.2) is 17.2 Å². The van der Waals surface area contributed by atoms with Gasteiger partial charge in [-0.3, -0.25) is 0 Å². The standard InChI is InChI=1S/C13H12BFO3/c15-12-7-6-11(14(16)17)8-13(12)18-9-10-4-2-1-3-5-10/h1-8,16-17H,9H2. The zero-order valence-corrected chi connectivity index (χ0v) is 9.58. The summed E-state index contributed by atoms with van der Waals surface area (Å²) in [4.78, 5) is 0. The van der Waals surface area contributed by atoms with Crippen molar-refractivity contribution in [2.24, 2.45) is 0 Å². The molecule has 0 atom stereocenters. The van der Waals surface area contributed by atoms with E-state index >= 15 is 0 Å². The highest BCUT2D eigenvalue weighted by molar-refractivity contribution is 6.58. The fourth-order valence-electron chi connectivity index (χ4n) is 1.53. The number of rotatable bonds is 4. The molecule has 3 nitrogen and oxygen atoms in total. The van der Waals surface area contributed by atoms with Gasteiger partial charge in [0, 0.05) is 0 Å². The summed E-state index contributed by atoms with van der Waals surface area (Å²) in [5.41, 5.74) is 1.10. The molecule has 0 unspecified atom stereocenters. The smallest absolute Gasteiger partial charge is 0.486 e. The summed E-state index contributed by atoms with van der Waals surface area (Å²) >= 11 is 0. The first kappa shape index (κ1) is 12.6. The van der Waals surface area contributed by atoms with Crippen LogP contribution in [0.5, 0.6) is 5.75 Å². The van der Waals surface area contributed by atoms with Crippen molar-refractivity contribution in [3.8, 4) is 5.75 Å². The van der Waals surface area contributed by atoms with E-state index < -0.39 is 12.9 Å². The summed E-state index contributed by atoms with van der Waals surface area (Å²) in [5.74, 6) is -0.528. The molecule has 0 aliphatic rings. The quantitative estimate of drug-likeness (QED) is 0.794. The Hall–Kier alpha value is -1.85. The van der Waals surface area contributed by atoms with Crippen LogP contribution >= 0.6 is 0 Å². The molecule has 0 amide bonds. The number of ether oxygens (including phenoxy) is 1. The fraction of sp³-hybridized carbons (Fsp3) is 0.0769. The molecule has 0 aromatic heterocycles. The molecule has 0 heterocycles. The molecule has 0 bridgehead atoms. The van der Waals surface area contributed by atoms with E-state index in [9.17, 15) is 4.39 Å². The van der Waals surface area contributed by atoms with Gasteiger partial charge in [-0.25, -0.2) is 4.39 Å². The molecular formula is C13H12BFO3. The first-order chi connectivity index (χ1) is 8.66. The Morgan fingerprint density at radius 3 is 2.44 bits per heavy atom. The van der Waals surface area contributed by atoms with Crippen LogP contribution in [0.15, 0.2) is 48.5 Å². The van der Waals surface area contributed by atoms with Crippen molar-refractivity contribution in [3.63, 3.8) is 0 Å². The van der Waals surface area contributed by atoms with Gasteiger partial charge in [0.1, 0.15) is 6.61 Å². The largest absolute Gasteiger partial charge is 0.488 e. The summed E-state index contributed by atoms with van der Waals surface area (Å²) in [7, 11) is -1.63. The second-order valence-electron chi connectivity index (χ2n) is 3.84. The lowest BCUT2D eigenvalue weighted by Crippen LogP contribution is -2.29. The van der Waals surface area contributed by atoms with Crippen LogP contribution < -0.4 is 10.2 Å². The highest BCUT2D eigenvalue weighted by Crippen LogP contribution is 2.16. The van der Waals surface area contributed by atoms with Crippen LogP contribution in [0.3, 0.4) is 0 Å². The number of hydrogen-bond acceptors (Lipinski definition) is 3. The van der Waals surface area contributed by atoms with Crippen molar-refractivity contribution >= 4 is 12.6 Å². The molecule has 2 aromatic carbocycles. The summed E-state index contributed by atoms with van der Waals surface area (Å²) in [5, 5.41) is 18.0. The maximum absolute atomic E-state index is 13.4. The maximum Gasteiger partial charge on any atom is 0.488 e. The topological polar surface area (TPSA) is 49.7 Å². The summed E-state index contributed by atoms with van der Waals surface area (Å²) < 4.78 is 18.8. The van der Waals surface area contributed by atoms with Gasteiger partial charge in [0.05, 0.1) is 0 Å². The van der Waals surface area contributed by atoms with E-state index in [1.54, 1.807) is 0 Å². The third-order valence-corrected chi connectivity index (χ3v) is 2.49. The molecule has 5 heteroatoms. The molecule has 0 radical (unpaired) electrons. The third kappa shape index (κ3) is 3.09. The van der Waals surface area contributed by atoms with E-state index in [2.05, 4.69) is 0 Å². The zero-order chi connectivity index (χ0) is 13.0. The predicted octanol–water partition coefficient (Wildman–Crippen LogP) is 1.08. The highest BCUT2D eigenvalue weighted by Gasteiger charge is 2.14. The van der Waals surface area contributed by atoms with Gasteiger partial charge in [-0.05, 0) is 23.2 Å². The lowest BCUT2D eigenvalue weighted by molar-refractivity contribution is 0.290. The average Bonchev–Trinajstić information content (AvgIpc) is 2.38. The summed E-state index contributed by atoms with van der Waals surface area (Å²) in [6.45, 7) is 0.225. The van der Waals surface area contributed by atoms with Crippen LogP contribution in [0.2, 0.25) is 0 Å². The van der Waals surface area contributed by atoms with E-state index in [0.29, 0.717) is 0 Å². The van der Waals surface area contributed by atoms with Gasteiger partial charge in [0.25, 0.3) is 0 Å². The molecule has 0 fully saturated rings. The van der Waals surface area contributed by atoms with E-state index in [4.69, 9.17) is 14.8 Å². The van der Waals surface area contributed by atoms with Crippen LogP contribution in [0.1, 0.15) is 5.56 Å². The molecule has 0 saturated carbocycles. The molecule has 0 aliphatic carbocycles. The van der Waals surface area contributed by atoms with Gasteiger partial charge in [0.2, 0.25) is 0 Å². The van der Waals surface area contributed by atoms with Crippen LogP contribution in [0.4, 0.5) is 4.39 Å². The molecule has 0 saturated heterocycles. The number of benzene rings is 2. The highest BCUT2D eigenvalue weighted by atomic mass is 19.1. The third-order valence-electron chi connectivity index (χ3n) is 2.49. The lowest BCUT2D eigenvalue weighted by Gasteiger charge is -2.09. The van der Waals surface area contributed by atoms with Gasteiger partial charge in [0.15, 0.2) is 11.6 Å². The first-order valence-corrected chi connectivity index (χ1v) is 5.49. The Balaban J connectivity index is 2.11. The summed E-state index contributed by atoms with van der Waals surface area (Å²) in [6, 6.07) is 13.1. The molecule has 2 rings (SSSR count). The minimum absolute atomic E-state index is 0.00412. The summed E-state index contributed by atoms with van der Waals surface area (Å²) in [6.07, 6.45) is 0. The Bertz CT molecular complexity index is 517. The second kappa shape index (κ2) is 5.66. The normalized spacial score (nSPS) is 10.2. The zero-order valence-electron chi connectivity index (χ0n) is 9.58. The van der Waals surface area contributed by atoms with Crippen LogP contribution in [0.25, 0.3) is 0 Å². The van der Waals surface area contributed by atoms with E-state index in [-0.39, 0.29) is 17.8 Å². The Kier molecular flexibility index (Phi) is 3.97. The molecule has 2 aromatic rings. The van der Waals surface area contributed by atoms with Crippen LogP contribution in [-0.2, 0) is 6.61 Å². The Labute approximate surface area is 105 Å². The van der Waals surface area contributed by atoms with Crippen molar-refractivity contribution < 1.29 is 19.2 Å². The maximum atomic E-state index is 13.4. The van der Waals surface area contributed by atoms with Gasteiger partial charge in [-0.2, -0.15) is 0 Å². The fourth-order valence-corrected chi connectivity index (χ4v) is 1.53.